The zero-order chi connectivity index (χ0) is 12.7. The smallest absolute Gasteiger partial charge is 0.0409 e. The van der Waals surface area contributed by atoms with E-state index in [1.54, 1.807) is 0 Å². The van der Waals surface area contributed by atoms with Crippen LogP contribution in [0.4, 0.5) is 0 Å². The van der Waals surface area contributed by atoms with Crippen molar-refractivity contribution in [3.05, 3.63) is 34.9 Å². The number of hydrogen-bond acceptors (Lipinski definition) is 1. The fourth-order valence-electron chi connectivity index (χ4n) is 2.23. The minimum Gasteiger partial charge on any atom is -0.307 e. The summed E-state index contributed by atoms with van der Waals surface area (Å²) in [6.45, 7) is 6.70. The lowest BCUT2D eigenvalue weighted by Crippen LogP contribution is -2.31. The van der Waals surface area contributed by atoms with Crippen molar-refractivity contribution in [2.24, 2.45) is 0 Å². The van der Waals surface area contributed by atoms with Gasteiger partial charge in [-0.15, -0.1) is 0 Å². The van der Waals surface area contributed by atoms with Gasteiger partial charge in [0.1, 0.15) is 0 Å². The maximum absolute atomic E-state index is 6.02. The number of rotatable bonds is 7. The quantitative estimate of drug-likeness (QED) is 0.724. The third-order valence-corrected chi connectivity index (χ3v) is 3.34. The molecule has 0 saturated carbocycles. The van der Waals surface area contributed by atoms with Crippen LogP contribution in [-0.2, 0) is 0 Å². The van der Waals surface area contributed by atoms with Gasteiger partial charge in [-0.1, -0.05) is 50.4 Å². The van der Waals surface area contributed by atoms with E-state index in [4.69, 9.17) is 11.6 Å². The monoisotopic (exact) mass is 253 g/mol. The van der Waals surface area contributed by atoms with Gasteiger partial charge < -0.3 is 5.32 Å². The van der Waals surface area contributed by atoms with Crippen LogP contribution in [0.5, 0.6) is 0 Å². The highest BCUT2D eigenvalue weighted by Crippen LogP contribution is 2.19. The molecular formula is C15H24ClN. The molecule has 1 atom stereocenters. The SMILES string of the molecule is CCCC(CCC)NC(C)c1cccc(Cl)c1. The summed E-state index contributed by atoms with van der Waals surface area (Å²) in [6.07, 6.45) is 4.97. The van der Waals surface area contributed by atoms with Crippen molar-refractivity contribution in [3.63, 3.8) is 0 Å². The molecular weight excluding hydrogens is 230 g/mol. The van der Waals surface area contributed by atoms with Gasteiger partial charge in [0.25, 0.3) is 0 Å². The molecule has 0 spiro atoms. The van der Waals surface area contributed by atoms with Crippen LogP contribution in [0.1, 0.15) is 58.1 Å². The largest absolute Gasteiger partial charge is 0.307 e. The molecule has 1 nitrogen and oxygen atoms in total. The van der Waals surface area contributed by atoms with Gasteiger partial charge in [0.15, 0.2) is 0 Å². The van der Waals surface area contributed by atoms with E-state index in [2.05, 4.69) is 32.2 Å². The zero-order valence-corrected chi connectivity index (χ0v) is 11.9. The fourth-order valence-corrected chi connectivity index (χ4v) is 2.43. The molecule has 0 amide bonds. The van der Waals surface area contributed by atoms with E-state index in [1.807, 2.05) is 18.2 Å². The van der Waals surface area contributed by atoms with Gasteiger partial charge in [-0.05, 0) is 37.5 Å². The van der Waals surface area contributed by atoms with E-state index in [0.717, 1.165) is 5.02 Å². The number of benzene rings is 1. The molecule has 96 valence electrons. The molecule has 1 rings (SSSR count). The second-order valence-corrected chi connectivity index (χ2v) is 5.15. The van der Waals surface area contributed by atoms with Crippen molar-refractivity contribution >= 4 is 11.6 Å². The van der Waals surface area contributed by atoms with Crippen LogP contribution < -0.4 is 5.32 Å². The standard InChI is InChI=1S/C15H24ClN/c1-4-7-15(8-5-2)17-12(3)13-9-6-10-14(16)11-13/h6,9-12,15,17H,4-5,7-8H2,1-3H3. The van der Waals surface area contributed by atoms with Crippen molar-refractivity contribution in [2.75, 3.05) is 0 Å². The van der Waals surface area contributed by atoms with Crippen LogP contribution in [-0.4, -0.2) is 6.04 Å². The molecule has 0 radical (unpaired) electrons. The Bertz CT molecular complexity index is 318. The molecule has 0 bridgehead atoms. The Morgan fingerprint density at radius 1 is 1.18 bits per heavy atom. The highest BCUT2D eigenvalue weighted by Gasteiger charge is 2.12. The first-order chi connectivity index (χ1) is 8.17. The second-order valence-electron chi connectivity index (χ2n) is 4.72. The third kappa shape index (κ3) is 5.10. The van der Waals surface area contributed by atoms with Crippen LogP contribution in [0.2, 0.25) is 5.02 Å². The van der Waals surface area contributed by atoms with Crippen LogP contribution in [0.15, 0.2) is 24.3 Å². The summed E-state index contributed by atoms with van der Waals surface area (Å²) in [5.41, 5.74) is 1.27. The van der Waals surface area contributed by atoms with E-state index in [-0.39, 0.29) is 0 Å². The van der Waals surface area contributed by atoms with Gasteiger partial charge in [-0.2, -0.15) is 0 Å². The van der Waals surface area contributed by atoms with E-state index >= 15 is 0 Å². The average Bonchev–Trinajstić information content (AvgIpc) is 2.29. The van der Waals surface area contributed by atoms with Crippen molar-refractivity contribution < 1.29 is 0 Å². The lowest BCUT2D eigenvalue weighted by Gasteiger charge is -2.23. The maximum atomic E-state index is 6.02. The number of hydrogen-bond donors (Lipinski definition) is 1. The van der Waals surface area contributed by atoms with Crippen LogP contribution in [0.3, 0.4) is 0 Å². The minimum absolute atomic E-state index is 0.372. The molecule has 1 aromatic carbocycles. The highest BCUT2D eigenvalue weighted by atomic mass is 35.5. The summed E-state index contributed by atoms with van der Waals surface area (Å²) in [4.78, 5) is 0. The van der Waals surface area contributed by atoms with Gasteiger partial charge in [-0.3, -0.25) is 0 Å². The van der Waals surface area contributed by atoms with Crippen molar-refractivity contribution in [1.82, 2.24) is 5.32 Å². The molecule has 0 aliphatic heterocycles. The zero-order valence-electron chi connectivity index (χ0n) is 11.2. The van der Waals surface area contributed by atoms with E-state index < -0.39 is 0 Å². The molecule has 1 aromatic rings. The first-order valence-electron chi connectivity index (χ1n) is 6.68. The minimum atomic E-state index is 0.372. The lowest BCUT2D eigenvalue weighted by atomic mass is 10.0. The first-order valence-corrected chi connectivity index (χ1v) is 7.06. The third-order valence-electron chi connectivity index (χ3n) is 3.11. The van der Waals surface area contributed by atoms with Crippen LogP contribution in [0.25, 0.3) is 0 Å². The van der Waals surface area contributed by atoms with Gasteiger partial charge in [-0.25, -0.2) is 0 Å². The Balaban J connectivity index is 2.59. The molecule has 0 fully saturated rings. The highest BCUT2D eigenvalue weighted by molar-refractivity contribution is 6.30. The number of halogens is 1. The van der Waals surface area contributed by atoms with Gasteiger partial charge in [0.2, 0.25) is 0 Å². The van der Waals surface area contributed by atoms with Crippen molar-refractivity contribution in [2.45, 2.75) is 58.5 Å². The molecule has 0 aromatic heterocycles. The molecule has 0 aliphatic rings. The predicted octanol–water partition coefficient (Wildman–Crippen LogP) is 4.96. The summed E-state index contributed by atoms with van der Waals surface area (Å²) in [5, 5.41) is 4.52. The van der Waals surface area contributed by atoms with Gasteiger partial charge in [0.05, 0.1) is 0 Å². The first kappa shape index (κ1) is 14.5. The summed E-state index contributed by atoms with van der Waals surface area (Å²) < 4.78 is 0. The topological polar surface area (TPSA) is 12.0 Å². The summed E-state index contributed by atoms with van der Waals surface area (Å²) in [7, 11) is 0. The Kier molecular flexibility index (Phi) is 6.61. The lowest BCUT2D eigenvalue weighted by molar-refractivity contribution is 0.402. The van der Waals surface area contributed by atoms with Gasteiger partial charge >= 0.3 is 0 Å². The Labute approximate surface area is 111 Å². The summed E-state index contributed by atoms with van der Waals surface area (Å²) >= 11 is 6.02. The molecule has 0 saturated heterocycles. The van der Waals surface area contributed by atoms with Crippen LogP contribution in [0, 0.1) is 0 Å². The maximum Gasteiger partial charge on any atom is 0.0409 e. The van der Waals surface area contributed by atoms with Crippen LogP contribution >= 0.6 is 11.6 Å². The molecule has 2 heteroatoms. The van der Waals surface area contributed by atoms with Crippen molar-refractivity contribution in [1.29, 1.82) is 0 Å². The molecule has 17 heavy (non-hydrogen) atoms. The summed E-state index contributed by atoms with van der Waals surface area (Å²) in [5.74, 6) is 0. The fraction of sp³-hybridized carbons (Fsp3) is 0.600. The molecule has 0 aliphatic carbocycles. The van der Waals surface area contributed by atoms with E-state index in [0.29, 0.717) is 12.1 Å². The second kappa shape index (κ2) is 7.73. The molecule has 1 N–H and O–H groups in total. The average molecular weight is 254 g/mol. The molecule has 1 unspecified atom stereocenters. The Morgan fingerprint density at radius 2 is 1.82 bits per heavy atom. The van der Waals surface area contributed by atoms with E-state index in [1.165, 1.54) is 31.2 Å². The normalized spacial score (nSPS) is 13.0. The van der Waals surface area contributed by atoms with E-state index in [9.17, 15) is 0 Å². The number of nitrogens with one attached hydrogen (secondary N) is 1. The molecule has 0 heterocycles. The van der Waals surface area contributed by atoms with Gasteiger partial charge in [0, 0.05) is 17.1 Å². The predicted molar refractivity (Wildman–Crippen MR) is 76.6 cm³/mol. The Hall–Kier alpha value is -0.530. The van der Waals surface area contributed by atoms with Crippen molar-refractivity contribution in [3.8, 4) is 0 Å². The Morgan fingerprint density at radius 3 is 2.35 bits per heavy atom. The summed E-state index contributed by atoms with van der Waals surface area (Å²) in [6, 6.07) is 9.13.